The summed E-state index contributed by atoms with van der Waals surface area (Å²) in [6.07, 6.45) is 5.62. The minimum absolute atomic E-state index is 0.343. The van der Waals surface area contributed by atoms with E-state index in [1.54, 1.807) is 0 Å². The molecule has 2 nitrogen and oxygen atoms in total. The summed E-state index contributed by atoms with van der Waals surface area (Å²) in [5.74, 6) is 0. The third kappa shape index (κ3) is 2.62. The van der Waals surface area contributed by atoms with Crippen LogP contribution in [0.15, 0.2) is 0 Å². The van der Waals surface area contributed by atoms with Crippen LogP contribution in [0.5, 0.6) is 0 Å². The molecule has 1 saturated carbocycles. The van der Waals surface area contributed by atoms with Gasteiger partial charge in [-0.1, -0.05) is 0 Å². The first-order valence-electron chi connectivity index (χ1n) is 5.58. The second kappa shape index (κ2) is 4.38. The van der Waals surface area contributed by atoms with Gasteiger partial charge in [0.2, 0.25) is 0 Å². The predicted molar refractivity (Wildman–Crippen MR) is 56.8 cm³/mol. The molecular formula is C11H19ClO2. The third-order valence-corrected chi connectivity index (χ3v) is 3.43. The second-order valence-corrected chi connectivity index (χ2v) is 5.29. The molecule has 2 fully saturated rings. The predicted octanol–water partition coefficient (Wildman–Crippen LogP) is 2.73. The lowest BCUT2D eigenvalue weighted by Gasteiger charge is -2.38. The summed E-state index contributed by atoms with van der Waals surface area (Å²) >= 11 is 5.91. The van der Waals surface area contributed by atoms with Crippen LogP contribution in [0, 0.1) is 0 Å². The second-order valence-electron chi connectivity index (χ2n) is 4.68. The number of hydrogen-bond donors (Lipinski definition) is 0. The summed E-state index contributed by atoms with van der Waals surface area (Å²) in [4.78, 5) is 0. The zero-order chi connectivity index (χ0) is 10.1. The van der Waals surface area contributed by atoms with Crippen LogP contribution >= 0.6 is 11.6 Å². The van der Waals surface area contributed by atoms with E-state index in [-0.39, 0.29) is 0 Å². The minimum atomic E-state index is 0.343. The van der Waals surface area contributed by atoms with Crippen molar-refractivity contribution in [2.75, 3.05) is 0 Å². The maximum Gasteiger partial charge on any atom is 0.0628 e. The van der Waals surface area contributed by atoms with Crippen molar-refractivity contribution in [1.29, 1.82) is 0 Å². The molecule has 1 saturated heterocycles. The fraction of sp³-hybridized carbons (Fsp3) is 1.00. The van der Waals surface area contributed by atoms with Crippen LogP contribution in [0.3, 0.4) is 0 Å². The van der Waals surface area contributed by atoms with E-state index in [1.165, 1.54) is 0 Å². The summed E-state index contributed by atoms with van der Waals surface area (Å²) in [7, 11) is 0. The molecule has 0 aromatic rings. The Morgan fingerprint density at radius 2 is 1.50 bits per heavy atom. The first-order valence-corrected chi connectivity index (χ1v) is 6.02. The summed E-state index contributed by atoms with van der Waals surface area (Å²) < 4.78 is 11.6. The Labute approximate surface area is 90.9 Å². The molecule has 2 aliphatic rings. The van der Waals surface area contributed by atoms with Crippen LogP contribution in [-0.2, 0) is 9.47 Å². The summed E-state index contributed by atoms with van der Waals surface area (Å²) in [5.41, 5.74) is 0. The minimum Gasteiger partial charge on any atom is -0.375 e. The molecule has 0 radical (unpaired) electrons. The highest BCUT2D eigenvalue weighted by molar-refractivity contribution is 6.21. The fourth-order valence-corrected chi connectivity index (χ4v) is 2.74. The van der Waals surface area contributed by atoms with E-state index in [0.717, 1.165) is 25.7 Å². The standard InChI is InChI=1S/C11H19ClO2/c1-7-3-10(4-8(2)13-7)14-11-5-9(12)6-11/h7-11H,3-6H2,1-2H3. The molecule has 0 amide bonds. The fourth-order valence-electron chi connectivity index (χ4n) is 2.34. The summed E-state index contributed by atoms with van der Waals surface area (Å²) in [6.45, 7) is 4.24. The van der Waals surface area contributed by atoms with Gasteiger partial charge in [-0.05, 0) is 39.5 Å². The van der Waals surface area contributed by atoms with Gasteiger partial charge in [-0.3, -0.25) is 0 Å². The van der Waals surface area contributed by atoms with Gasteiger partial charge in [0.15, 0.2) is 0 Å². The Morgan fingerprint density at radius 3 is 2.00 bits per heavy atom. The van der Waals surface area contributed by atoms with Gasteiger partial charge in [0.25, 0.3) is 0 Å². The van der Waals surface area contributed by atoms with Gasteiger partial charge >= 0.3 is 0 Å². The van der Waals surface area contributed by atoms with Gasteiger partial charge in [0.05, 0.1) is 24.4 Å². The maximum absolute atomic E-state index is 5.97. The zero-order valence-corrected chi connectivity index (χ0v) is 9.67. The highest BCUT2D eigenvalue weighted by atomic mass is 35.5. The Balaban J connectivity index is 1.74. The highest BCUT2D eigenvalue weighted by Crippen LogP contribution is 2.32. The molecule has 1 aliphatic heterocycles. The Kier molecular flexibility index (Phi) is 3.35. The molecule has 0 spiro atoms. The molecule has 3 heteroatoms. The molecule has 1 aliphatic carbocycles. The van der Waals surface area contributed by atoms with Crippen LogP contribution in [0.4, 0.5) is 0 Å². The van der Waals surface area contributed by atoms with Gasteiger partial charge in [0, 0.05) is 5.38 Å². The van der Waals surface area contributed by atoms with Gasteiger partial charge in [-0.25, -0.2) is 0 Å². The number of ether oxygens (including phenoxy) is 2. The van der Waals surface area contributed by atoms with Crippen molar-refractivity contribution in [3.63, 3.8) is 0 Å². The van der Waals surface area contributed by atoms with E-state index in [0.29, 0.717) is 29.8 Å². The highest BCUT2D eigenvalue weighted by Gasteiger charge is 2.33. The van der Waals surface area contributed by atoms with Crippen molar-refractivity contribution in [2.24, 2.45) is 0 Å². The zero-order valence-electron chi connectivity index (χ0n) is 8.91. The Morgan fingerprint density at radius 1 is 1.00 bits per heavy atom. The van der Waals surface area contributed by atoms with E-state index in [1.807, 2.05) is 0 Å². The van der Waals surface area contributed by atoms with Crippen molar-refractivity contribution in [2.45, 2.75) is 69.3 Å². The van der Waals surface area contributed by atoms with Crippen molar-refractivity contribution < 1.29 is 9.47 Å². The molecule has 0 aromatic heterocycles. The molecule has 2 rings (SSSR count). The summed E-state index contributed by atoms with van der Waals surface area (Å²) in [5, 5.41) is 0.356. The van der Waals surface area contributed by atoms with Gasteiger partial charge in [-0.2, -0.15) is 0 Å². The number of halogens is 1. The van der Waals surface area contributed by atoms with Crippen LogP contribution in [-0.4, -0.2) is 29.8 Å². The molecule has 2 atom stereocenters. The molecule has 2 unspecified atom stereocenters. The van der Waals surface area contributed by atoms with Crippen molar-refractivity contribution in [3.05, 3.63) is 0 Å². The average molecular weight is 219 g/mol. The van der Waals surface area contributed by atoms with Gasteiger partial charge in [0.1, 0.15) is 0 Å². The van der Waals surface area contributed by atoms with Crippen LogP contribution in [0.2, 0.25) is 0 Å². The van der Waals surface area contributed by atoms with Crippen molar-refractivity contribution in [3.8, 4) is 0 Å². The van der Waals surface area contributed by atoms with E-state index < -0.39 is 0 Å². The molecule has 14 heavy (non-hydrogen) atoms. The lowest BCUT2D eigenvalue weighted by atomic mass is 9.94. The largest absolute Gasteiger partial charge is 0.375 e. The topological polar surface area (TPSA) is 18.5 Å². The third-order valence-electron chi connectivity index (χ3n) is 3.08. The monoisotopic (exact) mass is 218 g/mol. The van der Waals surface area contributed by atoms with E-state index >= 15 is 0 Å². The molecule has 82 valence electrons. The average Bonchev–Trinajstić information content (AvgIpc) is 1.99. The number of alkyl halides is 1. The van der Waals surface area contributed by atoms with Gasteiger partial charge < -0.3 is 9.47 Å². The molecule has 0 aromatic carbocycles. The quantitative estimate of drug-likeness (QED) is 0.664. The van der Waals surface area contributed by atoms with E-state index in [9.17, 15) is 0 Å². The molecule has 0 N–H and O–H groups in total. The number of hydrogen-bond acceptors (Lipinski definition) is 2. The van der Waals surface area contributed by atoms with E-state index in [4.69, 9.17) is 21.1 Å². The summed E-state index contributed by atoms with van der Waals surface area (Å²) in [6, 6.07) is 0. The van der Waals surface area contributed by atoms with Crippen molar-refractivity contribution >= 4 is 11.6 Å². The SMILES string of the molecule is CC1CC(OC2CC(Cl)C2)CC(C)O1. The van der Waals surface area contributed by atoms with Crippen LogP contribution in [0.1, 0.15) is 39.5 Å². The first-order chi connectivity index (χ1) is 6.63. The smallest absolute Gasteiger partial charge is 0.0628 e. The molecule has 0 bridgehead atoms. The molecular weight excluding hydrogens is 200 g/mol. The lowest BCUT2D eigenvalue weighted by Crippen LogP contribution is -2.40. The normalized spacial score (nSPS) is 48.6. The Hall–Kier alpha value is 0.210. The van der Waals surface area contributed by atoms with Gasteiger partial charge in [-0.15, -0.1) is 11.6 Å². The van der Waals surface area contributed by atoms with Crippen molar-refractivity contribution in [1.82, 2.24) is 0 Å². The Bertz CT molecular complexity index is 182. The van der Waals surface area contributed by atoms with Crippen LogP contribution < -0.4 is 0 Å². The van der Waals surface area contributed by atoms with Crippen LogP contribution in [0.25, 0.3) is 0 Å². The maximum atomic E-state index is 5.97. The lowest BCUT2D eigenvalue weighted by molar-refractivity contribution is -0.134. The first kappa shape index (κ1) is 10.7. The van der Waals surface area contributed by atoms with E-state index in [2.05, 4.69) is 13.8 Å². The molecule has 1 heterocycles. The number of rotatable bonds is 2.